The molecule has 4 aromatic rings. The zero-order chi connectivity index (χ0) is 24.8. The Labute approximate surface area is 213 Å². The van der Waals surface area contributed by atoms with Crippen molar-refractivity contribution in [3.63, 3.8) is 0 Å². The van der Waals surface area contributed by atoms with E-state index in [1.807, 2.05) is 42.5 Å². The van der Waals surface area contributed by atoms with Crippen LogP contribution in [0.25, 0.3) is 10.8 Å². The van der Waals surface area contributed by atoms with Crippen LogP contribution >= 0.6 is 23.2 Å². The molecule has 0 unspecified atom stereocenters. The molecule has 0 saturated heterocycles. The van der Waals surface area contributed by atoms with Gasteiger partial charge in [0, 0.05) is 26.7 Å². The smallest absolute Gasteiger partial charge is 0.338 e. The van der Waals surface area contributed by atoms with E-state index in [4.69, 9.17) is 32.7 Å². The number of esters is 1. The van der Waals surface area contributed by atoms with Crippen LogP contribution in [0.3, 0.4) is 0 Å². The van der Waals surface area contributed by atoms with E-state index in [0.29, 0.717) is 32.6 Å². The summed E-state index contributed by atoms with van der Waals surface area (Å²) in [7, 11) is 0. The number of hydrogen-bond acceptors (Lipinski definition) is 4. The third kappa shape index (κ3) is 5.76. The van der Waals surface area contributed by atoms with Crippen LogP contribution in [0.5, 0.6) is 5.75 Å². The Morgan fingerprint density at radius 2 is 1.49 bits per heavy atom. The first-order valence-corrected chi connectivity index (χ1v) is 11.8. The molecule has 0 saturated carbocycles. The average Bonchev–Trinajstić information content (AvgIpc) is 2.87. The van der Waals surface area contributed by atoms with Crippen molar-refractivity contribution in [3.05, 3.63) is 106 Å². The van der Waals surface area contributed by atoms with Gasteiger partial charge in [0.05, 0.1) is 18.7 Å². The van der Waals surface area contributed by atoms with E-state index in [9.17, 15) is 9.59 Å². The summed E-state index contributed by atoms with van der Waals surface area (Å²) in [6, 6.07) is 25.3. The molecule has 0 spiro atoms. The Hall–Kier alpha value is -3.54. The minimum Gasteiger partial charge on any atom is -0.483 e. The van der Waals surface area contributed by atoms with Crippen LogP contribution < -0.4 is 9.64 Å². The number of amides is 1. The van der Waals surface area contributed by atoms with E-state index in [0.717, 1.165) is 10.8 Å². The molecule has 35 heavy (non-hydrogen) atoms. The molecule has 0 aliphatic carbocycles. The minimum atomic E-state index is -0.426. The van der Waals surface area contributed by atoms with Crippen LogP contribution in [0.15, 0.2) is 84.9 Å². The van der Waals surface area contributed by atoms with Crippen LogP contribution in [0.2, 0.25) is 10.0 Å². The first kappa shape index (κ1) is 24.6. The molecule has 0 aliphatic heterocycles. The molecule has 1 amide bonds. The molecule has 0 N–H and O–H groups in total. The molecule has 0 aromatic heterocycles. The van der Waals surface area contributed by atoms with Crippen molar-refractivity contribution in [2.24, 2.45) is 0 Å². The van der Waals surface area contributed by atoms with Crippen LogP contribution in [0.4, 0.5) is 5.69 Å². The van der Waals surface area contributed by atoms with Crippen molar-refractivity contribution < 1.29 is 19.1 Å². The number of rotatable bonds is 8. The van der Waals surface area contributed by atoms with E-state index in [-0.39, 0.29) is 25.7 Å². The van der Waals surface area contributed by atoms with E-state index >= 15 is 0 Å². The number of carbonyl (C=O) groups excluding carboxylic acids is 2. The first-order valence-electron chi connectivity index (χ1n) is 11.1. The van der Waals surface area contributed by atoms with Gasteiger partial charge in [-0.1, -0.05) is 65.7 Å². The van der Waals surface area contributed by atoms with Gasteiger partial charge in [0.15, 0.2) is 6.61 Å². The second kappa shape index (κ2) is 11.3. The number of halogens is 2. The SMILES string of the molecule is CCOC(=O)c1ccc(N(Cc2c(Cl)cccc2Cl)C(=O)COc2cccc3ccccc23)cc1. The standard InChI is InChI=1S/C28H23Cl2NO4/c1-2-34-28(33)20-13-15-21(16-14-20)31(17-23-24(29)10-6-11-25(23)30)27(32)18-35-26-12-5-8-19-7-3-4-9-22(19)26/h3-16H,2,17-18H2,1H3. The minimum absolute atomic E-state index is 0.134. The average molecular weight is 508 g/mol. The van der Waals surface area contributed by atoms with Gasteiger partial charge >= 0.3 is 5.97 Å². The van der Waals surface area contributed by atoms with E-state index in [1.165, 1.54) is 4.90 Å². The largest absolute Gasteiger partial charge is 0.483 e. The zero-order valence-electron chi connectivity index (χ0n) is 19.0. The van der Waals surface area contributed by atoms with E-state index < -0.39 is 5.97 Å². The number of benzene rings is 4. The zero-order valence-corrected chi connectivity index (χ0v) is 20.6. The summed E-state index contributed by atoms with van der Waals surface area (Å²) >= 11 is 12.8. The number of fused-ring (bicyclic) bond motifs is 1. The lowest BCUT2D eigenvalue weighted by molar-refractivity contribution is -0.120. The first-order chi connectivity index (χ1) is 17.0. The maximum atomic E-state index is 13.4. The van der Waals surface area contributed by atoms with Gasteiger partial charge in [0.25, 0.3) is 5.91 Å². The molecular formula is C28H23Cl2NO4. The van der Waals surface area contributed by atoms with Gasteiger partial charge in [0.1, 0.15) is 5.75 Å². The lowest BCUT2D eigenvalue weighted by atomic mass is 10.1. The second-order valence-corrected chi connectivity index (χ2v) is 8.53. The fourth-order valence-corrected chi connectivity index (χ4v) is 4.21. The second-order valence-electron chi connectivity index (χ2n) is 7.71. The molecule has 0 heterocycles. The number of anilines is 1. The summed E-state index contributed by atoms with van der Waals surface area (Å²) in [5.41, 5.74) is 1.58. The Balaban J connectivity index is 1.61. The maximum absolute atomic E-state index is 13.4. The predicted octanol–water partition coefficient (Wildman–Crippen LogP) is 6.94. The molecule has 7 heteroatoms. The van der Waals surface area contributed by atoms with Crippen LogP contribution in [0, 0.1) is 0 Å². The third-order valence-corrected chi connectivity index (χ3v) is 6.18. The molecular weight excluding hydrogens is 485 g/mol. The summed E-state index contributed by atoms with van der Waals surface area (Å²) < 4.78 is 11.0. The number of ether oxygens (including phenoxy) is 2. The molecule has 0 bridgehead atoms. The maximum Gasteiger partial charge on any atom is 0.338 e. The lowest BCUT2D eigenvalue weighted by Gasteiger charge is -2.24. The Bertz CT molecular complexity index is 1330. The molecule has 0 fully saturated rings. The van der Waals surface area contributed by atoms with Crippen LogP contribution in [0.1, 0.15) is 22.8 Å². The van der Waals surface area contributed by atoms with E-state index in [1.54, 1.807) is 49.4 Å². The van der Waals surface area contributed by atoms with Crippen molar-refractivity contribution in [2.45, 2.75) is 13.5 Å². The fourth-order valence-electron chi connectivity index (χ4n) is 3.70. The molecule has 0 radical (unpaired) electrons. The summed E-state index contributed by atoms with van der Waals surface area (Å²) in [5, 5.41) is 2.84. The van der Waals surface area contributed by atoms with Crippen molar-refractivity contribution in [1.29, 1.82) is 0 Å². The van der Waals surface area contributed by atoms with Gasteiger partial charge in [-0.25, -0.2) is 4.79 Å². The van der Waals surface area contributed by atoms with Crippen LogP contribution in [-0.4, -0.2) is 25.1 Å². The topological polar surface area (TPSA) is 55.8 Å². The predicted molar refractivity (Wildman–Crippen MR) is 139 cm³/mol. The summed E-state index contributed by atoms with van der Waals surface area (Å²) in [4.78, 5) is 27.0. The van der Waals surface area contributed by atoms with Gasteiger partial charge < -0.3 is 14.4 Å². The normalized spacial score (nSPS) is 10.7. The number of nitrogens with zero attached hydrogens (tertiary/aromatic N) is 1. The molecule has 5 nitrogen and oxygen atoms in total. The molecule has 4 aromatic carbocycles. The monoisotopic (exact) mass is 507 g/mol. The summed E-state index contributed by atoms with van der Waals surface area (Å²) in [6.45, 7) is 1.96. The van der Waals surface area contributed by atoms with Gasteiger partial charge in [-0.05, 0) is 54.8 Å². The molecule has 4 rings (SSSR count). The van der Waals surface area contributed by atoms with Crippen molar-refractivity contribution in [3.8, 4) is 5.75 Å². The quantitative estimate of drug-likeness (QED) is 0.242. The van der Waals surface area contributed by atoms with Gasteiger partial charge in [-0.2, -0.15) is 0 Å². The summed E-state index contributed by atoms with van der Waals surface area (Å²) in [5.74, 6) is -0.104. The van der Waals surface area contributed by atoms with Crippen molar-refractivity contribution in [1.82, 2.24) is 0 Å². The Kier molecular flexibility index (Phi) is 7.91. The molecule has 178 valence electrons. The van der Waals surface area contributed by atoms with Crippen molar-refractivity contribution in [2.75, 3.05) is 18.1 Å². The number of hydrogen-bond donors (Lipinski definition) is 0. The van der Waals surface area contributed by atoms with Crippen molar-refractivity contribution >= 4 is 51.5 Å². The van der Waals surface area contributed by atoms with Gasteiger partial charge in [-0.3, -0.25) is 4.79 Å². The molecule has 0 atom stereocenters. The lowest BCUT2D eigenvalue weighted by Crippen LogP contribution is -2.34. The van der Waals surface area contributed by atoms with Crippen LogP contribution in [-0.2, 0) is 16.1 Å². The highest BCUT2D eigenvalue weighted by atomic mass is 35.5. The van der Waals surface area contributed by atoms with Gasteiger partial charge in [0.2, 0.25) is 0 Å². The highest BCUT2D eigenvalue weighted by Crippen LogP contribution is 2.29. The number of carbonyl (C=O) groups is 2. The highest BCUT2D eigenvalue weighted by molar-refractivity contribution is 6.36. The summed E-state index contributed by atoms with van der Waals surface area (Å²) in [6.07, 6.45) is 0. The molecule has 0 aliphatic rings. The Morgan fingerprint density at radius 1 is 0.829 bits per heavy atom. The highest BCUT2D eigenvalue weighted by Gasteiger charge is 2.21. The fraction of sp³-hybridized carbons (Fsp3) is 0.143. The third-order valence-electron chi connectivity index (χ3n) is 5.47. The Morgan fingerprint density at radius 3 is 2.20 bits per heavy atom. The van der Waals surface area contributed by atoms with Gasteiger partial charge in [-0.15, -0.1) is 0 Å². The van der Waals surface area contributed by atoms with E-state index in [2.05, 4.69) is 0 Å².